The summed E-state index contributed by atoms with van der Waals surface area (Å²) >= 11 is 0. The third-order valence-electron chi connectivity index (χ3n) is 10.4. The van der Waals surface area contributed by atoms with Crippen LogP contribution in [0.25, 0.3) is 22.9 Å². The fraction of sp³-hybridized carbons (Fsp3) is 0.423. The van der Waals surface area contributed by atoms with Crippen LogP contribution in [-0.4, -0.2) is 42.0 Å². The maximum atomic E-state index is 13.4. The van der Waals surface area contributed by atoms with Crippen molar-refractivity contribution in [2.45, 2.75) is 123 Å². The van der Waals surface area contributed by atoms with Crippen molar-refractivity contribution in [2.75, 3.05) is 19.8 Å². The van der Waals surface area contributed by atoms with Gasteiger partial charge in [-0.2, -0.15) is 0 Å². The molecule has 62 heavy (non-hydrogen) atoms. The quantitative estimate of drug-likeness (QED) is 0.0191. The first-order chi connectivity index (χ1) is 30.5. The highest BCUT2D eigenvalue weighted by Gasteiger charge is 2.18. The molecule has 0 saturated heterocycles. The normalized spacial score (nSPS) is 10.9. The predicted octanol–water partition coefficient (Wildman–Crippen LogP) is 13.8. The van der Waals surface area contributed by atoms with E-state index in [1.165, 1.54) is 77.0 Å². The number of hydrogen-bond donors (Lipinski definition) is 0. The maximum Gasteiger partial charge on any atom is 0.347 e. The number of benzene rings is 4. The summed E-state index contributed by atoms with van der Waals surface area (Å²) in [6.45, 7) is 9.93. The van der Waals surface area contributed by atoms with Crippen LogP contribution >= 0.6 is 0 Å². The zero-order chi connectivity index (χ0) is 43.6. The Hall–Kier alpha value is -5.90. The second-order valence-corrected chi connectivity index (χ2v) is 15.5. The van der Waals surface area contributed by atoms with Gasteiger partial charge < -0.3 is 28.1 Å². The Balaban J connectivity index is 1.08. The third-order valence-corrected chi connectivity index (χ3v) is 10.4. The Kier molecular flexibility index (Phi) is 20.6. The monoisotopic (exact) mass is 844 g/mol. The summed E-state index contributed by atoms with van der Waals surface area (Å²) in [6.07, 6.45) is 21.8. The van der Waals surface area contributed by atoms with E-state index in [2.05, 4.69) is 30.6 Å². The summed E-state index contributed by atoms with van der Waals surface area (Å²) in [5.74, 6) is 2.11. The Morgan fingerprint density at radius 2 is 0.968 bits per heavy atom. The van der Waals surface area contributed by atoms with Crippen molar-refractivity contribution in [1.82, 2.24) is 10.2 Å². The van der Waals surface area contributed by atoms with Crippen molar-refractivity contribution < 1.29 is 37.7 Å². The van der Waals surface area contributed by atoms with Gasteiger partial charge in [0.05, 0.1) is 25.4 Å². The number of aromatic nitrogens is 2. The number of carbonyl (C=O) groups is 2. The minimum absolute atomic E-state index is 0.292. The van der Waals surface area contributed by atoms with Gasteiger partial charge in [0.25, 0.3) is 0 Å². The minimum atomic E-state index is -0.546. The molecule has 0 amide bonds. The van der Waals surface area contributed by atoms with Gasteiger partial charge >= 0.3 is 11.9 Å². The molecule has 10 heteroatoms. The highest BCUT2D eigenvalue weighted by atomic mass is 16.5. The second-order valence-electron chi connectivity index (χ2n) is 15.5. The van der Waals surface area contributed by atoms with Gasteiger partial charge in [-0.3, -0.25) is 0 Å². The van der Waals surface area contributed by atoms with Gasteiger partial charge in [0.15, 0.2) is 0 Å². The maximum absolute atomic E-state index is 13.4. The number of carbonyl (C=O) groups excluding carboxylic acids is 2. The fourth-order valence-corrected chi connectivity index (χ4v) is 6.77. The highest BCUT2D eigenvalue weighted by molar-refractivity contribution is 5.94. The van der Waals surface area contributed by atoms with E-state index >= 15 is 0 Å². The van der Waals surface area contributed by atoms with Crippen molar-refractivity contribution in [1.29, 1.82) is 0 Å². The molecule has 10 nitrogen and oxygen atoms in total. The van der Waals surface area contributed by atoms with Crippen LogP contribution in [0.5, 0.6) is 28.7 Å². The number of nitrogens with zero attached hydrogens (tertiary/aromatic N) is 2. The van der Waals surface area contributed by atoms with Gasteiger partial charge in [-0.1, -0.05) is 103 Å². The first kappa shape index (κ1) is 47.2. The molecule has 5 rings (SSSR count). The molecule has 0 aliphatic carbocycles. The van der Waals surface area contributed by atoms with Crippen molar-refractivity contribution in [3.05, 3.63) is 115 Å². The highest BCUT2D eigenvalue weighted by Crippen LogP contribution is 2.30. The van der Waals surface area contributed by atoms with Gasteiger partial charge in [-0.05, 0) is 111 Å². The predicted molar refractivity (Wildman–Crippen MR) is 244 cm³/mol. The van der Waals surface area contributed by atoms with Crippen molar-refractivity contribution in [3.8, 4) is 51.7 Å². The molecule has 0 N–H and O–H groups in total. The van der Waals surface area contributed by atoms with Crippen LogP contribution in [0.4, 0.5) is 0 Å². The van der Waals surface area contributed by atoms with Crippen molar-refractivity contribution >= 4 is 11.9 Å². The molecule has 1 heterocycles. The topological polar surface area (TPSA) is 119 Å². The lowest BCUT2D eigenvalue weighted by Gasteiger charge is -2.14. The standard InChI is InChI=1S/C52H64N2O8/c1-4-7-10-12-14-15-16-18-20-36-57-43-28-26-42(27-29-43)51(55)60-44-30-22-40(23-31-44)49-53-54-50(62-49)41-24-32-45(33-25-41)61-52(56)47-35-34-46(39-48(47)59-38-19-9-6-3)58-37-21-17-13-11-8-5-2/h6,22-35,39H,3-5,7-21,36-38H2,1-2H3. The van der Waals surface area contributed by atoms with E-state index in [0.717, 1.165) is 37.9 Å². The van der Waals surface area contributed by atoms with Gasteiger partial charge in [0, 0.05) is 17.2 Å². The smallest absolute Gasteiger partial charge is 0.347 e. The molecular weight excluding hydrogens is 781 g/mol. The number of ether oxygens (including phenoxy) is 5. The third kappa shape index (κ3) is 16.2. The number of allylic oxidation sites excluding steroid dienone is 1. The van der Waals surface area contributed by atoms with E-state index in [4.69, 9.17) is 28.1 Å². The van der Waals surface area contributed by atoms with Crippen molar-refractivity contribution in [2.24, 2.45) is 0 Å². The summed E-state index contributed by atoms with van der Waals surface area (Å²) in [6, 6.07) is 25.9. The molecule has 0 spiro atoms. The molecule has 330 valence electrons. The molecule has 1 aromatic heterocycles. The molecule has 4 aromatic carbocycles. The first-order valence-electron chi connectivity index (χ1n) is 22.7. The molecule has 0 bridgehead atoms. The molecule has 0 unspecified atom stereocenters. The van der Waals surface area contributed by atoms with E-state index in [-0.39, 0.29) is 0 Å². The number of hydrogen-bond acceptors (Lipinski definition) is 10. The van der Waals surface area contributed by atoms with Crippen LogP contribution < -0.4 is 23.7 Å². The van der Waals surface area contributed by atoms with Crippen LogP contribution in [0, 0.1) is 0 Å². The van der Waals surface area contributed by atoms with E-state index < -0.39 is 11.9 Å². The Morgan fingerprint density at radius 1 is 0.516 bits per heavy atom. The summed E-state index contributed by atoms with van der Waals surface area (Å²) in [7, 11) is 0. The van der Waals surface area contributed by atoms with Crippen LogP contribution in [-0.2, 0) is 0 Å². The van der Waals surface area contributed by atoms with Gasteiger partial charge in [-0.25, -0.2) is 9.59 Å². The SMILES string of the molecule is C=CCCCOc1cc(OCCCCCCCC)ccc1C(=O)Oc1ccc(-c2nnc(-c3ccc(OC(=O)c4ccc(OCCCCCCCCCCC)cc4)cc3)o2)cc1. The van der Waals surface area contributed by atoms with Gasteiger partial charge in [0.1, 0.15) is 34.3 Å². The lowest BCUT2D eigenvalue weighted by atomic mass is 10.1. The summed E-state index contributed by atoms with van der Waals surface area (Å²) in [5.41, 5.74) is 2.04. The molecule has 0 aliphatic heterocycles. The summed E-state index contributed by atoms with van der Waals surface area (Å²) in [4.78, 5) is 26.2. The fourth-order valence-electron chi connectivity index (χ4n) is 6.77. The van der Waals surface area contributed by atoms with Crippen LogP contribution in [0.1, 0.15) is 144 Å². The largest absolute Gasteiger partial charge is 0.494 e. The molecule has 0 saturated carbocycles. The van der Waals surface area contributed by atoms with Crippen LogP contribution in [0.15, 0.2) is 108 Å². The molecule has 0 fully saturated rings. The number of rotatable bonds is 30. The van der Waals surface area contributed by atoms with Gasteiger partial charge in [-0.15, -0.1) is 16.8 Å². The molecule has 0 atom stereocenters. The average Bonchev–Trinajstić information content (AvgIpc) is 3.79. The number of unbranched alkanes of at least 4 members (excludes halogenated alkanes) is 14. The molecule has 0 radical (unpaired) electrons. The lowest BCUT2D eigenvalue weighted by Crippen LogP contribution is -2.12. The van der Waals surface area contributed by atoms with E-state index in [1.54, 1.807) is 91.0 Å². The van der Waals surface area contributed by atoms with E-state index in [9.17, 15) is 9.59 Å². The average molecular weight is 845 g/mol. The first-order valence-corrected chi connectivity index (χ1v) is 22.7. The zero-order valence-corrected chi connectivity index (χ0v) is 36.7. The summed E-state index contributed by atoms with van der Waals surface area (Å²) in [5, 5.41) is 8.43. The van der Waals surface area contributed by atoms with Crippen LogP contribution in [0.2, 0.25) is 0 Å². The minimum Gasteiger partial charge on any atom is -0.494 e. The summed E-state index contributed by atoms with van der Waals surface area (Å²) < 4.78 is 35.2. The Labute approximate surface area is 368 Å². The second kappa shape index (κ2) is 27.1. The Bertz CT molecular complexity index is 2060. The van der Waals surface area contributed by atoms with Crippen molar-refractivity contribution in [3.63, 3.8) is 0 Å². The zero-order valence-electron chi connectivity index (χ0n) is 36.7. The van der Waals surface area contributed by atoms with E-state index in [1.807, 2.05) is 6.08 Å². The molecule has 5 aromatic rings. The Morgan fingerprint density at radius 3 is 1.50 bits per heavy atom. The lowest BCUT2D eigenvalue weighted by molar-refractivity contribution is 0.0722. The van der Waals surface area contributed by atoms with Gasteiger partial charge in [0.2, 0.25) is 11.8 Å². The molecular formula is C52H64N2O8. The van der Waals surface area contributed by atoms with Crippen LogP contribution in [0.3, 0.4) is 0 Å². The van der Waals surface area contributed by atoms with E-state index in [0.29, 0.717) is 76.9 Å². The molecule has 0 aliphatic rings. The number of esters is 2.